The molecule has 162 valence electrons. The van der Waals surface area contributed by atoms with E-state index >= 15 is 0 Å². The first kappa shape index (κ1) is 21.5. The summed E-state index contributed by atoms with van der Waals surface area (Å²) in [6.45, 7) is 3.46. The summed E-state index contributed by atoms with van der Waals surface area (Å²) < 4.78 is 29.8. The van der Waals surface area contributed by atoms with Crippen molar-refractivity contribution in [1.29, 1.82) is 0 Å². The van der Waals surface area contributed by atoms with E-state index in [-0.39, 0.29) is 17.2 Å². The smallest absolute Gasteiger partial charge is 0.264 e. The predicted octanol–water partition coefficient (Wildman–Crippen LogP) is 4.17. The van der Waals surface area contributed by atoms with Crippen LogP contribution in [0.15, 0.2) is 90.0 Å². The highest BCUT2D eigenvalue weighted by Crippen LogP contribution is 2.26. The molecule has 0 atom stereocenters. The first-order valence-electron chi connectivity index (χ1n) is 10.0. The lowest BCUT2D eigenvalue weighted by Gasteiger charge is -2.23. The second kappa shape index (κ2) is 8.76. The summed E-state index contributed by atoms with van der Waals surface area (Å²) >= 11 is 0. The van der Waals surface area contributed by atoms with Crippen LogP contribution in [0, 0.1) is 6.92 Å². The Kier molecular flexibility index (Phi) is 5.87. The Labute approximate surface area is 187 Å². The average molecular weight is 447 g/mol. The van der Waals surface area contributed by atoms with Gasteiger partial charge in [0.2, 0.25) is 0 Å². The van der Waals surface area contributed by atoms with Crippen LogP contribution >= 0.6 is 0 Å². The third-order valence-electron chi connectivity index (χ3n) is 5.04. The SMILES string of the molecule is CC(=O)c1ccc(N(Cc2cn(-c3ccc(C)cc3)nn2)S(=O)(=O)c2ccccc2)cc1. The van der Waals surface area contributed by atoms with E-state index in [1.165, 1.54) is 11.2 Å². The molecule has 1 heterocycles. The summed E-state index contributed by atoms with van der Waals surface area (Å²) in [6.07, 6.45) is 1.71. The lowest BCUT2D eigenvalue weighted by Crippen LogP contribution is -2.30. The van der Waals surface area contributed by atoms with Gasteiger partial charge in [-0.1, -0.05) is 41.1 Å². The van der Waals surface area contributed by atoms with Gasteiger partial charge in [0.25, 0.3) is 10.0 Å². The molecular formula is C24H22N4O3S. The number of hydrogen-bond donors (Lipinski definition) is 0. The maximum Gasteiger partial charge on any atom is 0.264 e. The molecule has 0 N–H and O–H groups in total. The number of ketones is 1. The quantitative estimate of drug-likeness (QED) is 0.398. The summed E-state index contributed by atoms with van der Waals surface area (Å²) in [7, 11) is -3.88. The minimum atomic E-state index is -3.88. The molecule has 0 aliphatic heterocycles. The lowest BCUT2D eigenvalue weighted by atomic mass is 10.1. The molecule has 0 spiro atoms. The van der Waals surface area contributed by atoms with Crippen molar-refractivity contribution in [2.24, 2.45) is 0 Å². The van der Waals surface area contributed by atoms with Crippen molar-refractivity contribution in [3.63, 3.8) is 0 Å². The fraction of sp³-hybridized carbons (Fsp3) is 0.125. The Bertz CT molecular complexity index is 1330. The molecule has 0 saturated carbocycles. The molecule has 8 heteroatoms. The predicted molar refractivity (Wildman–Crippen MR) is 122 cm³/mol. The van der Waals surface area contributed by atoms with Crippen LogP contribution in [0.4, 0.5) is 5.69 Å². The number of Topliss-reactive ketones (excluding diaryl/α,β-unsaturated/α-hetero) is 1. The molecule has 0 unspecified atom stereocenters. The zero-order valence-electron chi connectivity index (χ0n) is 17.7. The Morgan fingerprint density at radius 1 is 0.938 bits per heavy atom. The van der Waals surface area contributed by atoms with Crippen molar-refractivity contribution in [3.05, 3.63) is 102 Å². The Morgan fingerprint density at radius 2 is 1.59 bits per heavy atom. The molecule has 0 bridgehead atoms. The van der Waals surface area contributed by atoms with Gasteiger partial charge in [0.05, 0.1) is 29.0 Å². The molecule has 7 nitrogen and oxygen atoms in total. The minimum absolute atomic E-state index is 0.0114. The van der Waals surface area contributed by atoms with Crippen LogP contribution in [0.5, 0.6) is 0 Å². The van der Waals surface area contributed by atoms with Gasteiger partial charge >= 0.3 is 0 Å². The van der Waals surface area contributed by atoms with E-state index in [9.17, 15) is 13.2 Å². The number of hydrogen-bond acceptors (Lipinski definition) is 5. The zero-order valence-corrected chi connectivity index (χ0v) is 18.5. The third-order valence-corrected chi connectivity index (χ3v) is 6.83. The van der Waals surface area contributed by atoms with Gasteiger partial charge in [0, 0.05) is 5.56 Å². The van der Waals surface area contributed by atoms with Crippen LogP contribution in [-0.2, 0) is 16.6 Å². The lowest BCUT2D eigenvalue weighted by molar-refractivity contribution is 0.101. The van der Waals surface area contributed by atoms with E-state index < -0.39 is 10.0 Å². The number of benzene rings is 3. The highest BCUT2D eigenvalue weighted by atomic mass is 32.2. The molecule has 3 aromatic carbocycles. The molecule has 0 amide bonds. The van der Waals surface area contributed by atoms with E-state index in [1.54, 1.807) is 65.5 Å². The van der Waals surface area contributed by atoms with E-state index in [4.69, 9.17) is 0 Å². The van der Waals surface area contributed by atoms with Crippen LogP contribution in [0.25, 0.3) is 5.69 Å². The van der Waals surface area contributed by atoms with E-state index in [1.807, 2.05) is 31.2 Å². The number of nitrogens with zero attached hydrogens (tertiary/aromatic N) is 4. The molecule has 1 aromatic heterocycles. The molecule has 0 aliphatic rings. The normalized spacial score (nSPS) is 11.3. The largest absolute Gasteiger partial charge is 0.295 e. The van der Waals surface area contributed by atoms with Crippen molar-refractivity contribution < 1.29 is 13.2 Å². The molecule has 0 radical (unpaired) electrons. The topological polar surface area (TPSA) is 85.2 Å². The number of aromatic nitrogens is 3. The van der Waals surface area contributed by atoms with Crippen molar-refractivity contribution in [3.8, 4) is 5.69 Å². The van der Waals surface area contributed by atoms with E-state index in [2.05, 4.69) is 10.3 Å². The summed E-state index contributed by atoms with van der Waals surface area (Å²) in [5.74, 6) is -0.0879. The van der Waals surface area contributed by atoms with Crippen molar-refractivity contribution in [2.45, 2.75) is 25.3 Å². The molecule has 32 heavy (non-hydrogen) atoms. The fourth-order valence-electron chi connectivity index (χ4n) is 3.24. The second-order valence-electron chi connectivity index (χ2n) is 7.42. The van der Waals surface area contributed by atoms with Gasteiger partial charge in [-0.25, -0.2) is 13.1 Å². The van der Waals surface area contributed by atoms with Gasteiger partial charge in [-0.3, -0.25) is 9.10 Å². The Morgan fingerprint density at radius 3 is 2.22 bits per heavy atom. The van der Waals surface area contributed by atoms with Crippen LogP contribution in [0.2, 0.25) is 0 Å². The maximum atomic E-state index is 13.5. The third kappa shape index (κ3) is 4.45. The highest BCUT2D eigenvalue weighted by molar-refractivity contribution is 7.92. The number of aryl methyl sites for hydroxylation is 1. The zero-order chi connectivity index (χ0) is 22.7. The highest BCUT2D eigenvalue weighted by Gasteiger charge is 2.26. The summed E-state index contributed by atoms with van der Waals surface area (Å²) in [5, 5.41) is 8.34. The summed E-state index contributed by atoms with van der Waals surface area (Å²) in [6, 6.07) is 22.5. The molecule has 4 rings (SSSR count). The second-order valence-corrected chi connectivity index (χ2v) is 9.28. The summed E-state index contributed by atoms with van der Waals surface area (Å²) in [5.41, 5.74) is 3.39. The van der Waals surface area contributed by atoms with Gasteiger partial charge in [0.1, 0.15) is 5.69 Å². The standard InChI is InChI=1S/C24H22N4O3S/c1-18-8-12-22(13-9-18)27-16-21(25-26-27)17-28(23-14-10-20(11-15-23)19(2)29)32(30,31)24-6-4-3-5-7-24/h3-16H,17H2,1-2H3. The number of sulfonamides is 1. The van der Waals surface area contributed by atoms with E-state index in [0.29, 0.717) is 16.9 Å². The molecular weight excluding hydrogens is 424 g/mol. The van der Waals surface area contributed by atoms with Gasteiger partial charge in [-0.15, -0.1) is 5.10 Å². The number of anilines is 1. The fourth-order valence-corrected chi connectivity index (χ4v) is 4.70. The number of carbonyl (C=O) groups excluding carboxylic acids is 1. The van der Waals surface area contributed by atoms with Gasteiger partial charge in [-0.2, -0.15) is 0 Å². The van der Waals surface area contributed by atoms with Gasteiger partial charge in [0.15, 0.2) is 5.78 Å². The Balaban J connectivity index is 1.71. The minimum Gasteiger partial charge on any atom is -0.295 e. The van der Waals surface area contributed by atoms with Crippen molar-refractivity contribution in [2.75, 3.05) is 4.31 Å². The van der Waals surface area contributed by atoms with Crippen LogP contribution < -0.4 is 4.31 Å². The first-order chi connectivity index (χ1) is 15.3. The van der Waals surface area contributed by atoms with Crippen molar-refractivity contribution in [1.82, 2.24) is 15.0 Å². The average Bonchev–Trinajstić information content (AvgIpc) is 3.27. The molecule has 4 aromatic rings. The summed E-state index contributed by atoms with van der Waals surface area (Å²) in [4.78, 5) is 11.8. The van der Waals surface area contributed by atoms with Crippen molar-refractivity contribution >= 4 is 21.5 Å². The van der Waals surface area contributed by atoms with Gasteiger partial charge in [-0.05, 0) is 62.4 Å². The molecule has 0 aliphatic carbocycles. The molecule has 0 fully saturated rings. The van der Waals surface area contributed by atoms with Gasteiger partial charge < -0.3 is 0 Å². The monoisotopic (exact) mass is 446 g/mol. The first-order valence-corrected chi connectivity index (χ1v) is 11.5. The maximum absolute atomic E-state index is 13.5. The number of rotatable bonds is 7. The van der Waals surface area contributed by atoms with E-state index in [0.717, 1.165) is 11.3 Å². The van der Waals surface area contributed by atoms with Crippen LogP contribution in [0.3, 0.4) is 0 Å². The Hall–Kier alpha value is -3.78. The number of carbonyl (C=O) groups is 1. The van der Waals surface area contributed by atoms with Crippen LogP contribution in [-0.4, -0.2) is 29.2 Å². The van der Waals surface area contributed by atoms with Crippen LogP contribution in [0.1, 0.15) is 28.5 Å². The molecule has 0 saturated heterocycles.